The third kappa shape index (κ3) is 5.19. The summed E-state index contributed by atoms with van der Waals surface area (Å²) in [6.45, 7) is 7.97. The van der Waals surface area contributed by atoms with Crippen LogP contribution >= 0.6 is 0 Å². The van der Waals surface area contributed by atoms with E-state index in [4.69, 9.17) is 0 Å². The molecule has 2 aromatic rings. The van der Waals surface area contributed by atoms with Gasteiger partial charge in [-0.2, -0.15) is 0 Å². The van der Waals surface area contributed by atoms with Gasteiger partial charge in [0.25, 0.3) is 0 Å². The molecule has 1 aliphatic rings. The number of likely N-dealkylation sites (tertiary alicyclic amines) is 1. The number of aryl methyl sites for hydroxylation is 3. The molecule has 8 nitrogen and oxygen atoms in total. The van der Waals surface area contributed by atoms with Crippen molar-refractivity contribution >= 4 is 17.7 Å². The smallest absolute Gasteiger partial charge is 0.233 e. The first kappa shape index (κ1) is 19.2. The predicted molar refractivity (Wildman–Crippen MR) is 104 cm³/mol. The lowest BCUT2D eigenvalue weighted by atomic mass is 9.94. The van der Waals surface area contributed by atoms with Gasteiger partial charge in [0.1, 0.15) is 11.6 Å². The van der Waals surface area contributed by atoms with Crippen LogP contribution in [0.4, 0.5) is 11.8 Å². The lowest BCUT2D eigenvalue weighted by molar-refractivity contribution is -0.122. The van der Waals surface area contributed by atoms with Gasteiger partial charge in [0.2, 0.25) is 11.9 Å². The molecule has 0 bridgehead atoms. The highest BCUT2D eigenvalue weighted by Crippen LogP contribution is 2.27. The van der Waals surface area contributed by atoms with Crippen molar-refractivity contribution in [2.75, 3.05) is 32.0 Å². The summed E-state index contributed by atoms with van der Waals surface area (Å²) in [4.78, 5) is 31.8. The molecule has 1 amide bonds. The summed E-state index contributed by atoms with van der Waals surface area (Å²) >= 11 is 0. The quantitative estimate of drug-likeness (QED) is 0.830. The highest BCUT2D eigenvalue weighted by Gasteiger charge is 2.24. The lowest BCUT2D eigenvalue weighted by Gasteiger charge is -2.32. The van der Waals surface area contributed by atoms with Crippen LogP contribution in [0.5, 0.6) is 0 Å². The molecule has 1 atom stereocenters. The van der Waals surface area contributed by atoms with Gasteiger partial charge in [0, 0.05) is 37.0 Å². The Morgan fingerprint density at radius 3 is 2.59 bits per heavy atom. The molecular formula is C19H27N7O. The summed E-state index contributed by atoms with van der Waals surface area (Å²) in [7, 11) is 1.67. The number of hydrogen-bond acceptors (Lipinski definition) is 7. The third-order valence-corrected chi connectivity index (χ3v) is 4.65. The number of likely N-dealkylation sites (N-methyl/N-ethyl adjacent to an activating group) is 1. The molecule has 8 heteroatoms. The Kier molecular flexibility index (Phi) is 5.95. The second kappa shape index (κ2) is 8.39. The van der Waals surface area contributed by atoms with Crippen LogP contribution in [0.15, 0.2) is 12.1 Å². The molecule has 0 spiro atoms. The minimum atomic E-state index is 0.0452. The van der Waals surface area contributed by atoms with E-state index in [0.29, 0.717) is 24.1 Å². The summed E-state index contributed by atoms with van der Waals surface area (Å²) < 4.78 is 0. The average molecular weight is 369 g/mol. The van der Waals surface area contributed by atoms with Crippen LogP contribution in [0.25, 0.3) is 0 Å². The first-order chi connectivity index (χ1) is 12.9. The van der Waals surface area contributed by atoms with Crippen molar-refractivity contribution in [3.8, 4) is 0 Å². The zero-order chi connectivity index (χ0) is 19.4. The summed E-state index contributed by atoms with van der Waals surface area (Å²) in [5, 5.41) is 5.90. The second-order valence-corrected chi connectivity index (χ2v) is 7.07. The van der Waals surface area contributed by atoms with Crippen molar-refractivity contribution in [1.29, 1.82) is 0 Å². The maximum Gasteiger partial charge on any atom is 0.233 e. The highest BCUT2D eigenvalue weighted by molar-refractivity contribution is 5.77. The number of hydrogen-bond donors (Lipinski definition) is 2. The topological polar surface area (TPSA) is 95.9 Å². The Balaban J connectivity index is 1.77. The predicted octanol–water partition coefficient (Wildman–Crippen LogP) is 1.86. The van der Waals surface area contributed by atoms with Gasteiger partial charge in [-0.1, -0.05) is 0 Å². The molecule has 1 aliphatic heterocycles. The molecule has 0 aliphatic carbocycles. The van der Waals surface area contributed by atoms with Gasteiger partial charge in [-0.25, -0.2) is 19.9 Å². The zero-order valence-corrected chi connectivity index (χ0v) is 16.4. The lowest BCUT2D eigenvalue weighted by Crippen LogP contribution is -2.41. The standard InChI is InChI=1S/C19H27N7O/c1-12-8-13(2)22-19(21-12)25-17-9-16(23-14(3)24-17)15-6-5-7-26(10-15)11-18(27)20-4/h8-9,15H,5-7,10-11H2,1-4H3,(H,20,27)(H,21,22,23,24,25)/t15-/m0/s1. The fourth-order valence-electron chi connectivity index (χ4n) is 3.48. The number of aromatic nitrogens is 4. The van der Waals surface area contributed by atoms with E-state index in [0.717, 1.165) is 43.0 Å². The number of nitrogens with one attached hydrogen (secondary N) is 2. The van der Waals surface area contributed by atoms with Gasteiger partial charge in [-0.05, 0) is 46.2 Å². The van der Waals surface area contributed by atoms with Crippen molar-refractivity contribution in [3.63, 3.8) is 0 Å². The Labute approximate surface area is 159 Å². The molecule has 27 heavy (non-hydrogen) atoms. The molecule has 2 aromatic heterocycles. The number of rotatable bonds is 5. The van der Waals surface area contributed by atoms with E-state index in [9.17, 15) is 4.79 Å². The van der Waals surface area contributed by atoms with E-state index in [1.54, 1.807) is 7.05 Å². The summed E-state index contributed by atoms with van der Waals surface area (Å²) in [5.74, 6) is 2.28. The van der Waals surface area contributed by atoms with E-state index in [2.05, 4.69) is 35.5 Å². The molecule has 1 saturated heterocycles. The van der Waals surface area contributed by atoms with Crippen LogP contribution in [0, 0.1) is 20.8 Å². The van der Waals surface area contributed by atoms with Crippen molar-refractivity contribution < 1.29 is 4.79 Å². The fraction of sp³-hybridized carbons (Fsp3) is 0.526. The summed E-state index contributed by atoms with van der Waals surface area (Å²) in [6, 6.07) is 3.91. The number of anilines is 2. The minimum Gasteiger partial charge on any atom is -0.358 e. The molecule has 0 saturated carbocycles. The van der Waals surface area contributed by atoms with Crippen molar-refractivity contribution in [1.82, 2.24) is 30.2 Å². The molecular weight excluding hydrogens is 342 g/mol. The van der Waals surface area contributed by atoms with E-state index in [-0.39, 0.29) is 11.8 Å². The van der Waals surface area contributed by atoms with Crippen molar-refractivity contribution in [2.45, 2.75) is 39.5 Å². The maximum atomic E-state index is 11.7. The monoisotopic (exact) mass is 369 g/mol. The largest absolute Gasteiger partial charge is 0.358 e. The van der Waals surface area contributed by atoms with Crippen molar-refractivity contribution in [2.24, 2.45) is 0 Å². The molecule has 1 fully saturated rings. The first-order valence-electron chi connectivity index (χ1n) is 9.31. The molecule has 0 unspecified atom stereocenters. The van der Waals surface area contributed by atoms with E-state index >= 15 is 0 Å². The van der Waals surface area contributed by atoms with E-state index < -0.39 is 0 Å². The number of carbonyl (C=O) groups is 1. The number of amides is 1. The number of carbonyl (C=O) groups excluding carboxylic acids is 1. The van der Waals surface area contributed by atoms with Gasteiger partial charge in [-0.3, -0.25) is 9.69 Å². The Morgan fingerprint density at radius 1 is 1.15 bits per heavy atom. The Morgan fingerprint density at radius 2 is 1.89 bits per heavy atom. The molecule has 144 valence electrons. The van der Waals surface area contributed by atoms with Crippen LogP contribution in [0.2, 0.25) is 0 Å². The van der Waals surface area contributed by atoms with Crippen LogP contribution in [0.1, 0.15) is 41.7 Å². The SMILES string of the molecule is CNC(=O)CN1CCC[C@H](c2cc(Nc3nc(C)cc(C)n3)nc(C)n2)C1. The molecule has 0 aromatic carbocycles. The van der Waals surface area contributed by atoms with Crippen LogP contribution in [0.3, 0.4) is 0 Å². The molecule has 2 N–H and O–H groups in total. The van der Waals surface area contributed by atoms with Gasteiger partial charge < -0.3 is 10.6 Å². The minimum absolute atomic E-state index is 0.0452. The zero-order valence-electron chi connectivity index (χ0n) is 16.4. The average Bonchev–Trinajstić information content (AvgIpc) is 2.60. The fourth-order valence-corrected chi connectivity index (χ4v) is 3.48. The summed E-state index contributed by atoms with van der Waals surface area (Å²) in [5.41, 5.74) is 2.82. The van der Waals surface area contributed by atoms with E-state index in [1.165, 1.54) is 0 Å². The Bertz CT molecular complexity index is 803. The first-order valence-corrected chi connectivity index (χ1v) is 9.31. The molecule has 3 rings (SSSR count). The van der Waals surface area contributed by atoms with Crippen LogP contribution < -0.4 is 10.6 Å². The van der Waals surface area contributed by atoms with Crippen LogP contribution in [-0.2, 0) is 4.79 Å². The van der Waals surface area contributed by atoms with Crippen molar-refractivity contribution in [3.05, 3.63) is 35.0 Å². The van der Waals surface area contributed by atoms with Gasteiger partial charge >= 0.3 is 0 Å². The second-order valence-electron chi connectivity index (χ2n) is 7.07. The highest BCUT2D eigenvalue weighted by atomic mass is 16.1. The third-order valence-electron chi connectivity index (χ3n) is 4.65. The van der Waals surface area contributed by atoms with Gasteiger partial charge in [-0.15, -0.1) is 0 Å². The molecule has 0 radical (unpaired) electrons. The number of nitrogens with zero attached hydrogens (tertiary/aromatic N) is 5. The van der Waals surface area contributed by atoms with Crippen LogP contribution in [-0.4, -0.2) is 57.4 Å². The van der Waals surface area contributed by atoms with Gasteiger partial charge in [0.15, 0.2) is 0 Å². The van der Waals surface area contributed by atoms with Gasteiger partial charge in [0.05, 0.1) is 12.2 Å². The number of piperidine rings is 1. The normalized spacial score (nSPS) is 17.6. The maximum absolute atomic E-state index is 11.7. The Hall–Kier alpha value is -2.61. The summed E-state index contributed by atoms with van der Waals surface area (Å²) in [6.07, 6.45) is 2.11. The molecule has 3 heterocycles. The van der Waals surface area contributed by atoms with E-state index in [1.807, 2.05) is 32.9 Å².